The standard InChI is InChI=1S/C27H16Br2ClF3N4O/c1-38-20-4-2-3-17(13-20)21-14-22(27(31,32)33)35-26(34-21)37-25(16-7-11-19(29)12-8-16)23(30)24(36-37)15-5-9-18(28)10-6-15/h2-14H,1H3. The van der Waals surface area contributed by atoms with E-state index in [4.69, 9.17) is 16.3 Å². The second-order valence-electron chi connectivity index (χ2n) is 8.10. The van der Waals surface area contributed by atoms with E-state index in [0.29, 0.717) is 33.8 Å². The number of hydrogen-bond acceptors (Lipinski definition) is 4. The fraction of sp³-hybridized carbons (Fsp3) is 0.0741. The number of hydrogen-bond donors (Lipinski definition) is 0. The quantitative estimate of drug-likeness (QED) is 0.188. The fourth-order valence-electron chi connectivity index (χ4n) is 3.80. The van der Waals surface area contributed by atoms with Crippen molar-refractivity contribution in [1.82, 2.24) is 19.7 Å². The van der Waals surface area contributed by atoms with E-state index in [-0.39, 0.29) is 16.7 Å². The minimum absolute atomic E-state index is 0.0554. The molecule has 0 spiro atoms. The Morgan fingerprint density at radius 3 is 2.05 bits per heavy atom. The average molecular weight is 665 g/mol. The third-order valence-corrected chi connectivity index (χ3v) is 7.04. The molecule has 0 radical (unpaired) electrons. The number of aromatic nitrogens is 4. The Hall–Kier alpha value is -3.21. The Labute approximate surface area is 237 Å². The van der Waals surface area contributed by atoms with Gasteiger partial charge in [-0.2, -0.15) is 23.0 Å². The highest BCUT2D eigenvalue weighted by atomic mass is 79.9. The summed E-state index contributed by atoms with van der Waals surface area (Å²) in [6, 6.07) is 22.0. The molecule has 0 bridgehead atoms. The van der Waals surface area contributed by atoms with Gasteiger partial charge in [0.1, 0.15) is 11.4 Å². The van der Waals surface area contributed by atoms with Gasteiger partial charge in [0.05, 0.1) is 23.5 Å². The van der Waals surface area contributed by atoms with Gasteiger partial charge in [-0.05, 0) is 42.5 Å². The SMILES string of the molecule is COc1cccc(-c2cc(C(F)(F)F)nc(-n3nc(-c4ccc(Br)cc4)c(Cl)c3-c3ccc(Br)cc3)n2)c1. The van der Waals surface area contributed by atoms with Crippen molar-refractivity contribution in [3.05, 3.63) is 98.5 Å². The number of nitrogens with zero attached hydrogens (tertiary/aromatic N) is 4. The molecule has 0 aliphatic heterocycles. The smallest absolute Gasteiger partial charge is 0.433 e. The van der Waals surface area contributed by atoms with Gasteiger partial charge in [0.15, 0.2) is 5.69 Å². The van der Waals surface area contributed by atoms with Gasteiger partial charge >= 0.3 is 6.18 Å². The first kappa shape index (κ1) is 26.4. The summed E-state index contributed by atoms with van der Waals surface area (Å²) >= 11 is 13.7. The molecule has 0 unspecified atom stereocenters. The van der Waals surface area contributed by atoms with Crippen molar-refractivity contribution in [2.75, 3.05) is 7.11 Å². The van der Waals surface area contributed by atoms with Crippen LogP contribution in [0, 0.1) is 0 Å². The van der Waals surface area contributed by atoms with Gasteiger partial charge in [0, 0.05) is 25.6 Å². The Balaban J connectivity index is 1.79. The Kier molecular flexibility index (Phi) is 7.30. The summed E-state index contributed by atoms with van der Waals surface area (Å²) in [6.45, 7) is 0. The van der Waals surface area contributed by atoms with Gasteiger partial charge in [0.25, 0.3) is 5.95 Å². The molecule has 0 aliphatic rings. The molecule has 2 heterocycles. The van der Waals surface area contributed by atoms with Crippen LogP contribution in [0.4, 0.5) is 13.2 Å². The number of alkyl halides is 3. The first-order valence-corrected chi connectivity index (χ1v) is 13.0. The summed E-state index contributed by atoms with van der Waals surface area (Å²) in [5.74, 6) is 0.201. The van der Waals surface area contributed by atoms with Crippen LogP contribution in [-0.2, 0) is 6.18 Å². The number of halogens is 6. The molecule has 5 rings (SSSR count). The number of rotatable bonds is 5. The minimum atomic E-state index is -4.73. The molecule has 0 aliphatic carbocycles. The molecule has 11 heteroatoms. The third kappa shape index (κ3) is 5.34. The van der Waals surface area contributed by atoms with Crippen molar-refractivity contribution in [2.24, 2.45) is 0 Å². The first-order valence-electron chi connectivity index (χ1n) is 11.1. The highest BCUT2D eigenvalue weighted by Gasteiger charge is 2.35. The maximum absolute atomic E-state index is 14.0. The predicted molar refractivity (Wildman–Crippen MR) is 147 cm³/mol. The van der Waals surface area contributed by atoms with Crippen LogP contribution in [0.15, 0.2) is 87.8 Å². The lowest BCUT2D eigenvalue weighted by Gasteiger charge is -2.13. The molecule has 192 valence electrons. The number of methoxy groups -OCH3 is 1. The molecule has 0 N–H and O–H groups in total. The Bertz CT molecular complexity index is 1620. The third-order valence-electron chi connectivity index (χ3n) is 5.62. The molecular weight excluding hydrogens is 649 g/mol. The number of benzene rings is 3. The van der Waals surface area contributed by atoms with Crippen LogP contribution in [-0.4, -0.2) is 26.9 Å². The zero-order valence-corrected chi connectivity index (χ0v) is 23.4. The number of ether oxygens (including phenoxy) is 1. The van der Waals surface area contributed by atoms with Crippen molar-refractivity contribution in [3.8, 4) is 45.5 Å². The summed E-state index contributed by atoms with van der Waals surface area (Å²) in [4.78, 5) is 8.35. The van der Waals surface area contributed by atoms with Gasteiger partial charge in [-0.25, -0.2) is 9.97 Å². The average Bonchev–Trinajstić information content (AvgIpc) is 3.26. The van der Waals surface area contributed by atoms with E-state index in [2.05, 4.69) is 46.9 Å². The van der Waals surface area contributed by atoms with Crippen LogP contribution in [0.25, 0.3) is 39.7 Å². The Morgan fingerprint density at radius 1 is 0.816 bits per heavy atom. The minimum Gasteiger partial charge on any atom is -0.497 e. The highest BCUT2D eigenvalue weighted by molar-refractivity contribution is 9.10. The zero-order chi connectivity index (χ0) is 27.0. The molecular formula is C27H16Br2ClF3N4O. The van der Waals surface area contributed by atoms with Crippen LogP contribution in [0.3, 0.4) is 0 Å². The van der Waals surface area contributed by atoms with Crippen molar-refractivity contribution in [2.45, 2.75) is 6.18 Å². The maximum Gasteiger partial charge on any atom is 0.433 e. The molecule has 38 heavy (non-hydrogen) atoms. The Morgan fingerprint density at radius 2 is 1.45 bits per heavy atom. The van der Waals surface area contributed by atoms with E-state index in [0.717, 1.165) is 15.0 Å². The van der Waals surface area contributed by atoms with Crippen LogP contribution in [0.1, 0.15) is 5.69 Å². The summed E-state index contributed by atoms with van der Waals surface area (Å²) in [6.07, 6.45) is -4.73. The van der Waals surface area contributed by atoms with Crippen molar-refractivity contribution in [3.63, 3.8) is 0 Å². The van der Waals surface area contributed by atoms with Crippen molar-refractivity contribution >= 4 is 43.5 Å². The monoisotopic (exact) mass is 662 g/mol. The molecule has 3 aromatic carbocycles. The fourth-order valence-corrected chi connectivity index (χ4v) is 4.66. The van der Waals surface area contributed by atoms with E-state index in [9.17, 15) is 13.2 Å². The van der Waals surface area contributed by atoms with E-state index in [1.165, 1.54) is 11.8 Å². The summed E-state index contributed by atoms with van der Waals surface area (Å²) in [7, 11) is 1.48. The van der Waals surface area contributed by atoms with E-state index >= 15 is 0 Å². The highest BCUT2D eigenvalue weighted by Crippen LogP contribution is 2.39. The molecule has 0 atom stereocenters. The molecule has 2 aromatic heterocycles. The summed E-state index contributed by atoms with van der Waals surface area (Å²) in [5.41, 5.74) is 1.40. The lowest BCUT2D eigenvalue weighted by atomic mass is 10.1. The van der Waals surface area contributed by atoms with Gasteiger partial charge in [-0.1, -0.05) is 79.9 Å². The predicted octanol–water partition coefficient (Wildman–Crippen LogP) is 8.87. The second kappa shape index (κ2) is 10.5. The van der Waals surface area contributed by atoms with Gasteiger partial charge in [-0.3, -0.25) is 0 Å². The van der Waals surface area contributed by atoms with E-state index < -0.39 is 11.9 Å². The normalized spacial score (nSPS) is 11.6. The van der Waals surface area contributed by atoms with Gasteiger partial charge < -0.3 is 4.74 Å². The molecule has 0 amide bonds. The van der Waals surface area contributed by atoms with Gasteiger partial charge in [0.2, 0.25) is 0 Å². The van der Waals surface area contributed by atoms with Crippen LogP contribution in [0.5, 0.6) is 5.75 Å². The molecule has 5 aromatic rings. The van der Waals surface area contributed by atoms with Crippen molar-refractivity contribution in [1.29, 1.82) is 0 Å². The summed E-state index contributed by atoms with van der Waals surface area (Å²) in [5, 5.41) is 4.86. The molecule has 0 saturated heterocycles. The zero-order valence-electron chi connectivity index (χ0n) is 19.5. The molecule has 0 fully saturated rings. The topological polar surface area (TPSA) is 52.8 Å². The maximum atomic E-state index is 14.0. The van der Waals surface area contributed by atoms with Crippen LogP contribution < -0.4 is 4.74 Å². The molecule has 5 nitrogen and oxygen atoms in total. The van der Waals surface area contributed by atoms with Crippen LogP contribution in [0.2, 0.25) is 5.02 Å². The van der Waals surface area contributed by atoms with E-state index in [1.807, 2.05) is 24.3 Å². The second-order valence-corrected chi connectivity index (χ2v) is 10.3. The largest absolute Gasteiger partial charge is 0.497 e. The van der Waals surface area contributed by atoms with E-state index in [1.54, 1.807) is 48.5 Å². The first-order chi connectivity index (χ1) is 18.1. The lowest BCUT2D eigenvalue weighted by molar-refractivity contribution is -0.141. The van der Waals surface area contributed by atoms with Gasteiger partial charge in [-0.15, -0.1) is 0 Å². The van der Waals surface area contributed by atoms with Crippen LogP contribution >= 0.6 is 43.5 Å². The van der Waals surface area contributed by atoms with Crippen molar-refractivity contribution < 1.29 is 17.9 Å². The lowest BCUT2D eigenvalue weighted by Crippen LogP contribution is -2.14. The summed E-state index contributed by atoms with van der Waals surface area (Å²) < 4.78 is 50.2. The molecule has 0 saturated carbocycles.